The predicted molar refractivity (Wildman–Crippen MR) is 114 cm³/mol. The molecule has 24 heavy (non-hydrogen) atoms. The van der Waals surface area contributed by atoms with Crippen LogP contribution < -0.4 is 4.90 Å². The molecule has 4 heteroatoms. The van der Waals surface area contributed by atoms with Gasteiger partial charge in [0, 0.05) is 29.7 Å². The van der Waals surface area contributed by atoms with Crippen LogP contribution in [0.1, 0.15) is 19.3 Å². The van der Waals surface area contributed by atoms with Gasteiger partial charge in [-0.05, 0) is 31.4 Å². The Morgan fingerprint density at radius 1 is 0.750 bits per heavy atom. The number of nitrogens with zero attached hydrogens (tertiary/aromatic N) is 2. The number of hydrogen-bond donors (Lipinski definition) is 0. The highest BCUT2D eigenvalue weighted by atomic mass is 79.9. The van der Waals surface area contributed by atoms with E-state index in [1.165, 1.54) is 35.9 Å². The van der Waals surface area contributed by atoms with Crippen molar-refractivity contribution in [2.45, 2.75) is 19.3 Å². The summed E-state index contributed by atoms with van der Waals surface area (Å²) < 4.78 is 0. The number of aromatic nitrogens is 1. The Bertz CT molecular complexity index is 784. The van der Waals surface area contributed by atoms with Crippen molar-refractivity contribution < 1.29 is 0 Å². The molecule has 3 aromatic rings. The Morgan fingerprint density at radius 3 is 2.17 bits per heavy atom. The molecule has 1 aliphatic heterocycles. The van der Waals surface area contributed by atoms with Crippen molar-refractivity contribution in [2.75, 3.05) is 18.0 Å². The zero-order valence-electron chi connectivity index (χ0n) is 13.5. The molecule has 0 aliphatic carbocycles. The maximum absolute atomic E-state index is 4.87. The highest BCUT2D eigenvalue weighted by molar-refractivity contribution is 8.93. The third-order valence-corrected chi connectivity index (χ3v) is 4.46. The minimum atomic E-state index is 0. The van der Waals surface area contributed by atoms with Gasteiger partial charge in [0.2, 0.25) is 0 Å². The highest BCUT2D eigenvalue weighted by Gasteiger charge is 2.15. The van der Waals surface area contributed by atoms with Gasteiger partial charge in [0.1, 0.15) is 0 Å². The molecule has 126 valence electrons. The van der Waals surface area contributed by atoms with Crippen molar-refractivity contribution in [3.8, 4) is 11.3 Å². The van der Waals surface area contributed by atoms with Gasteiger partial charge in [0.05, 0.1) is 11.2 Å². The number of anilines is 1. The number of para-hydroxylation sites is 1. The van der Waals surface area contributed by atoms with Gasteiger partial charge in [-0.2, -0.15) is 0 Å². The van der Waals surface area contributed by atoms with Gasteiger partial charge < -0.3 is 4.90 Å². The summed E-state index contributed by atoms with van der Waals surface area (Å²) >= 11 is 0. The highest BCUT2D eigenvalue weighted by Crippen LogP contribution is 2.32. The van der Waals surface area contributed by atoms with Gasteiger partial charge in [0.25, 0.3) is 0 Å². The van der Waals surface area contributed by atoms with Crippen LogP contribution in [0.25, 0.3) is 22.2 Å². The maximum Gasteiger partial charge on any atom is 0.0730 e. The Balaban J connectivity index is 0.00000104. The maximum atomic E-state index is 4.87. The topological polar surface area (TPSA) is 16.1 Å². The molecular weight excluding hydrogens is 428 g/mol. The molecule has 1 aromatic heterocycles. The first-order valence-electron chi connectivity index (χ1n) is 8.12. The first kappa shape index (κ1) is 18.9. The van der Waals surface area contributed by atoms with Crippen LogP contribution in [0.4, 0.5) is 5.69 Å². The van der Waals surface area contributed by atoms with Crippen molar-refractivity contribution >= 4 is 50.6 Å². The number of hydrogen-bond acceptors (Lipinski definition) is 2. The molecule has 0 radical (unpaired) electrons. The molecule has 4 rings (SSSR count). The fourth-order valence-electron chi connectivity index (χ4n) is 3.31. The largest absolute Gasteiger partial charge is 0.371 e. The lowest BCUT2D eigenvalue weighted by molar-refractivity contribution is 0.579. The Morgan fingerprint density at radius 2 is 1.42 bits per heavy atom. The molecule has 0 atom stereocenters. The molecule has 0 N–H and O–H groups in total. The number of halogens is 2. The van der Waals surface area contributed by atoms with Gasteiger partial charge in [-0.3, -0.25) is 0 Å². The molecule has 0 unspecified atom stereocenters. The summed E-state index contributed by atoms with van der Waals surface area (Å²) in [6.45, 7) is 2.31. The number of piperidine rings is 1. The number of benzene rings is 2. The predicted octanol–water partition coefficient (Wildman–Crippen LogP) is 6.05. The van der Waals surface area contributed by atoms with Crippen LogP contribution in [0.5, 0.6) is 0 Å². The molecule has 0 saturated carbocycles. The second-order valence-electron chi connectivity index (χ2n) is 5.96. The van der Waals surface area contributed by atoms with Crippen molar-refractivity contribution in [1.29, 1.82) is 0 Å². The molecular formula is C20H22Br2N2. The minimum Gasteiger partial charge on any atom is -0.371 e. The average Bonchev–Trinajstić information content (AvgIpc) is 2.62. The van der Waals surface area contributed by atoms with E-state index in [-0.39, 0.29) is 34.0 Å². The smallest absolute Gasteiger partial charge is 0.0730 e. The molecule has 1 fully saturated rings. The monoisotopic (exact) mass is 448 g/mol. The van der Waals surface area contributed by atoms with Crippen LogP contribution in [0.3, 0.4) is 0 Å². The van der Waals surface area contributed by atoms with Crippen LogP contribution in [-0.2, 0) is 0 Å². The van der Waals surface area contributed by atoms with Gasteiger partial charge >= 0.3 is 0 Å². The van der Waals surface area contributed by atoms with Gasteiger partial charge in [-0.1, -0.05) is 48.5 Å². The lowest BCUT2D eigenvalue weighted by Gasteiger charge is -2.30. The van der Waals surface area contributed by atoms with Crippen LogP contribution >= 0.6 is 34.0 Å². The van der Waals surface area contributed by atoms with Gasteiger partial charge in [-0.15, -0.1) is 34.0 Å². The number of pyridine rings is 1. The molecule has 2 nitrogen and oxygen atoms in total. The summed E-state index contributed by atoms with van der Waals surface area (Å²) in [5.74, 6) is 0. The van der Waals surface area contributed by atoms with Gasteiger partial charge in [0.15, 0.2) is 0 Å². The molecule has 0 spiro atoms. The SMILES string of the molecule is Br.Br.c1ccc(-c2cc(N3CCCCC3)c3ccccc3n2)cc1. The summed E-state index contributed by atoms with van der Waals surface area (Å²) in [5, 5.41) is 1.27. The third-order valence-electron chi connectivity index (χ3n) is 4.46. The van der Waals surface area contributed by atoms with Crippen molar-refractivity contribution in [3.05, 3.63) is 60.7 Å². The first-order valence-corrected chi connectivity index (χ1v) is 8.12. The Labute approximate surface area is 164 Å². The van der Waals surface area contributed by atoms with Crippen molar-refractivity contribution in [2.24, 2.45) is 0 Å². The first-order chi connectivity index (χ1) is 10.9. The summed E-state index contributed by atoms with van der Waals surface area (Å²) in [5.41, 5.74) is 4.68. The van der Waals surface area contributed by atoms with Crippen LogP contribution in [0.2, 0.25) is 0 Å². The van der Waals surface area contributed by atoms with E-state index in [0.29, 0.717) is 0 Å². The van der Waals surface area contributed by atoms with E-state index in [1.807, 2.05) is 0 Å². The molecule has 0 amide bonds. The lowest BCUT2D eigenvalue weighted by atomic mass is 10.0. The second kappa shape index (κ2) is 8.63. The average molecular weight is 450 g/mol. The second-order valence-corrected chi connectivity index (χ2v) is 5.96. The number of rotatable bonds is 2. The van der Waals surface area contributed by atoms with E-state index in [9.17, 15) is 0 Å². The van der Waals surface area contributed by atoms with Gasteiger partial charge in [-0.25, -0.2) is 4.98 Å². The van der Waals surface area contributed by atoms with E-state index in [1.54, 1.807) is 0 Å². The molecule has 1 saturated heterocycles. The summed E-state index contributed by atoms with van der Waals surface area (Å²) in [6, 6.07) is 21.2. The number of fused-ring (bicyclic) bond motifs is 1. The Hall–Kier alpha value is -1.39. The van der Waals surface area contributed by atoms with E-state index < -0.39 is 0 Å². The summed E-state index contributed by atoms with van der Waals surface area (Å²) in [4.78, 5) is 7.40. The molecule has 2 heterocycles. The fraction of sp³-hybridized carbons (Fsp3) is 0.250. The molecule has 2 aromatic carbocycles. The minimum absolute atomic E-state index is 0. The van der Waals surface area contributed by atoms with Crippen LogP contribution in [-0.4, -0.2) is 18.1 Å². The standard InChI is InChI=1S/C20H20N2.2BrH/c1-3-9-16(10-4-1)19-15-20(22-13-7-2-8-14-22)17-11-5-6-12-18(17)21-19;;/h1,3-6,9-12,15H,2,7-8,13-14H2;2*1H. The van der Waals surface area contributed by atoms with Crippen LogP contribution in [0, 0.1) is 0 Å². The van der Waals surface area contributed by atoms with E-state index in [0.717, 1.165) is 24.3 Å². The van der Waals surface area contributed by atoms with E-state index >= 15 is 0 Å². The van der Waals surface area contributed by atoms with E-state index in [2.05, 4.69) is 65.6 Å². The third kappa shape index (κ3) is 3.81. The normalized spacial score (nSPS) is 13.9. The zero-order valence-corrected chi connectivity index (χ0v) is 16.9. The van der Waals surface area contributed by atoms with Crippen molar-refractivity contribution in [3.63, 3.8) is 0 Å². The quantitative estimate of drug-likeness (QED) is 0.473. The lowest BCUT2D eigenvalue weighted by Crippen LogP contribution is -2.29. The zero-order chi connectivity index (χ0) is 14.8. The molecule has 0 bridgehead atoms. The van der Waals surface area contributed by atoms with Crippen LogP contribution in [0.15, 0.2) is 60.7 Å². The molecule has 1 aliphatic rings. The van der Waals surface area contributed by atoms with Crippen molar-refractivity contribution in [1.82, 2.24) is 4.98 Å². The van der Waals surface area contributed by atoms with E-state index in [4.69, 9.17) is 4.98 Å². The fourth-order valence-corrected chi connectivity index (χ4v) is 3.31. The Kier molecular flexibility index (Phi) is 6.81. The summed E-state index contributed by atoms with van der Waals surface area (Å²) in [7, 11) is 0. The summed E-state index contributed by atoms with van der Waals surface area (Å²) in [6.07, 6.45) is 3.93.